The molecule has 0 saturated heterocycles. The minimum Gasteiger partial charge on any atom is -0.516 e. The third-order valence-corrected chi connectivity index (χ3v) is 8.11. The Kier molecular flexibility index (Phi) is 5.30. The van der Waals surface area contributed by atoms with Crippen molar-refractivity contribution in [1.82, 2.24) is 0 Å². The first-order valence-corrected chi connectivity index (χ1v) is 9.87. The summed E-state index contributed by atoms with van der Waals surface area (Å²) < 4.78 is 42.7. The topological polar surface area (TPSA) is 55.4 Å². The van der Waals surface area contributed by atoms with Crippen molar-refractivity contribution in [2.75, 3.05) is 5.32 Å². The average molecular weight is 347 g/mol. The zero-order valence-electron chi connectivity index (χ0n) is 13.7. The second kappa shape index (κ2) is 6.35. The van der Waals surface area contributed by atoms with Crippen LogP contribution in [0.3, 0.4) is 0 Å². The Balaban J connectivity index is 3.06. The fraction of sp³-hybridized carbons (Fsp3) is 0.467. The molecule has 0 unspecified atom stereocenters. The van der Waals surface area contributed by atoms with E-state index < -0.39 is 26.4 Å². The van der Waals surface area contributed by atoms with Gasteiger partial charge in [-0.25, -0.2) is 4.79 Å². The van der Waals surface area contributed by atoms with Gasteiger partial charge in [-0.05, 0) is 30.3 Å². The summed E-state index contributed by atoms with van der Waals surface area (Å²) in [6.45, 7) is 9.50. The molecule has 0 heterocycles. The number of alkyl halides is 3. The lowest BCUT2D eigenvalue weighted by atomic mass is 10.2. The molecule has 1 aromatic rings. The van der Waals surface area contributed by atoms with Gasteiger partial charge in [-0.1, -0.05) is 32.9 Å². The van der Waals surface area contributed by atoms with Crippen molar-refractivity contribution < 1.29 is 27.2 Å². The molecular weight excluding hydrogens is 327 g/mol. The van der Waals surface area contributed by atoms with Gasteiger partial charge < -0.3 is 9.74 Å². The van der Waals surface area contributed by atoms with Crippen molar-refractivity contribution in [3.63, 3.8) is 0 Å². The van der Waals surface area contributed by atoms with Crippen LogP contribution >= 0.6 is 0 Å². The molecule has 128 valence electrons. The molecule has 0 saturated carbocycles. The monoisotopic (exact) mass is 347 g/mol. The van der Waals surface area contributed by atoms with E-state index in [1.807, 2.05) is 33.9 Å². The summed E-state index contributed by atoms with van der Waals surface area (Å²) in [6.07, 6.45) is -5.03. The lowest BCUT2D eigenvalue weighted by Crippen LogP contribution is -2.42. The third-order valence-electron chi connectivity index (χ3n) is 3.81. The molecule has 0 fully saturated rings. The van der Waals surface area contributed by atoms with Gasteiger partial charge in [0.1, 0.15) is 0 Å². The highest BCUT2D eigenvalue weighted by Gasteiger charge is 2.42. The van der Waals surface area contributed by atoms with E-state index in [1.54, 1.807) is 5.32 Å². The number of carbonyl (C=O) groups is 2. The number of hydrogen-bond acceptors (Lipinski definition) is 3. The summed E-state index contributed by atoms with van der Waals surface area (Å²) in [5.74, 6) is -2.88. The average Bonchev–Trinajstić information content (AvgIpc) is 2.36. The highest BCUT2D eigenvalue weighted by molar-refractivity contribution is 6.75. The zero-order chi connectivity index (χ0) is 18.1. The van der Waals surface area contributed by atoms with Crippen molar-refractivity contribution >= 4 is 25.9 Å². The number of anilines is 1. The second-order valence-corrected chi connectivity index (χ2v) is 11.4. The molecular formula is C15H20F3NO3Si. The minimum absolute atomic E-state index is 0.102. The molecule has 0 aliphatic heterocycles. The first-order valence-electron chi connectivity index (χ1n) is 6.96. The van der Waals surface area contributed by atoms with Gasteiger partial charge in [-0.15, -0.1) is 0 Å². The van der Waals surface area contributed by atoms with Crippen LogP contribution in [-0.4, -0.2) is 26.4 Å². The van der Waals surface area contributed by atoms with Crippen molar-refractivity contribution in [3.8, 4) is 0 Å². The Morgan fingerprint density at radius 2 is 1.61 bits per heavy atom. The van der Waals surface area contributed by atoms with Crippen LogP contribution in [0, 0.1) is 0 Å². The van der Waals surface area contributed by atoms with Crippen molar-refractivity contribution in [1.29, 1.82) is 0 Å². The molecule has 4 nitrogen and oxygen atoms in total. The third kappa shape index (κ3) is 4.82. The quantitative estimate of drug-likeness (QED) is 0.827. The van der Waals surface area contributed by atoms with Crippen LogP contribution in [0.25, 0.3) is 0 Å². The van der Waals surface area contributed by atoms with Gasteiger partial charge in [0.25, 0.3) is 8.32 Å². The largest absolute Gasteiger partial charge is 0.516 e. The Bertz CT molecular complexity index is 607. The number of hydrogen-bond donors (Lipinski definition) is 1. The van der Waals surface area contributed by atoms with Gasteiger partial charge in [-0.2, -0.15) is 13.2 Å². The SMILES string of the molecule is CC(C)(C)[Si](C)(C)OC(=O)c1ccccc1NC(=O)C(F)(F)F. The molecule has 0 aliphatic rings. The number of nitrogens with one attached hydrogen (secondary N) is 1. The van der Waals surface area contributed by atoms with Crippen LogP contribution in [0.15, 0.2) is 24.3 Å². The van der Waals surface area contributed by atoms with E-state index in [4.69, 9.17) is 4.43 Å². The molecule has 1 aromatic carbocycles. The summed E-state index contributed by atoms with van der Waals surface area (Å²) in [5.41, 5.74) is -0.326. The maximum absolute atomic E-state index is 12.4. The molecule has 1 rings (SSSR count). The maximum Gasteiger partial charge on any atom is 0.471 e. The van der Waals surface area contributed by atoms with Crippen LogP contribution in [0.2, 0.25) is 18.1 Å². The van der Waals surface area contributed by atoms with Crippen LogP contribution in [0.5, 0.6) is 0 Å². The Labute approximate surface area is 134 Å². The van der Waals surface area contributed by atoms with E-state index in [1.165, 1.54) is 24.3 Å². The highest BCUT2D eigenvalue weighted by atomic mass is 28.4. The standard InChI is InChI=1S/C15H20F3NO3Si/c1-14(2,3)23(4,5)22-12(20)10-8-6-7-9-11(10)19-13(21)15(16,17)18/h6-9H,1-5H3,(H,19,21). The molecule has 0 aromatic heterocycles. The first-order chi connectivity index (χ1) is 10.3. The van der Waals surface area contributed by atoms with Gasteiger partial charge in [0, 0.05) is 0 Å². The molecule has 1 N–H and O–H groups in total. The molecule has 0 aliphatic carbocycles. The van der Waals surface area contributed by atoms with Crippen LogP contribution < -0.4 is 5.32 Å². The fourth-order valence-corrected chi connectivity index (χ4v) is 2.28. The highest BCUT2D eigenvalue weighted by Crippen LogP contribution is 2.37. The summed E-state index contributed by atoms with van der Waals surface area (Å²) >= 11 is 0. The number of amides is 1. The number of halogens is 3. The van der Waals surface area contributed by atoms with E-state index in [9.17, 15) is 22.8 Å². The minimum atomic E-state index is -5.03. The molecule has 8 heteroatoms. The molecule has 1 amide bonds. The lowest BCUT2D eigenvalue weighted by molar-refractivity contribution is -0.167. The molecule has 0 spiro atoms. The smallest absolute Gasteiger partial charge is 0.471 e. The predicted octanol–water partition coefficient (Wildman–Crippen LogP) is 4.35. The van der Waals surface area contributed by atoms with Crippen LogP contribution in [0.4, 0.5) is 18.9 Å². The second-order valence-electron chi connectivity index (χ2n) is 6.65. The summed E-state index contributed by atoms with van der Waals surface area (Å²) in [6, 6.07) is 5.47. The van der Waals surface area contributed by atoms with E-state index in [0.29, 0.717) is 0 Å². The molecule has 0 bridgehead atoms. The maximum atomic E-state index is 12.4. The van der Waals surface area contributed by atoms with E-state index in [-0.39, 0.29) is 16.3 Å². The van der Waals surface area contributed by atoms with E-state index in [0.717, 1.165) is 0 Å². The Morgan fingerprint density at radius 3 is 2.09 bits per heavy atom. The van der Waals surface area contributed by atoms with Crippen LogP contribution in [-0.2, 0) is 9.22 Å². The van der Waals surface area contributed by atoms with Crippen molar-refractivity contribution in [2.45, 2.75) is 45.1 Å². The van der Waals surface area contributed by atoms with Gasteiger partial charge in [-0.3, -0.25) is 4.79 Å². The van der Waals surface area contributed by atoms with Crippen LogP contribution in [0.1, 0.15) is 31.1 Å². The van der Waals surface area contributed by atoms with E-state index in [2.05, 4.69) is 0 Å². The van der Waals surface area contributed by atoms with Gasteiger partial charge >= 0.3 is 18.1 Å². The van der Waals surface area contributed by atoms with Gasteiger partial charge in [0.05, 0.1) is 11.3 Å². The van der Waals surface area contributed by atoms with Gasteiger partial charge in [0.15, 0.2) is 0 Å². The Hall–Kier alpha value is -1.83. The Morgan fingerprint density at radius 1 is 1.09 bits per heavy atom. The normalized spacial score (nSPS) is 12.7. The zero-order valence-corrected chi connectivity index (χ0v) is 14.7. The number of rotatable bonds is 3. The number of benzene rings is 1. The summed E-state index contributed by atoms with van der Waals surface area (Å²) in [4.78, 5) is 23.4. The molecule has 0 radical (unpaired) electrons. The summed E-state index contributed by atoms with van der Waals surface area (Å²) in [5, 5.41) is 1.46. The van der Waals surface area contributed by atoms with Gasteiger partial charge in [0.2, 0.25) is 0 Å². The number of carbonyl (C=O) groups excluding carboxylic acids is 2. The molecule has 23 heavy (non-hydrogen) atoms. The summed E-state index contributed by atoms with van der Waals surface area (Å²) in [7, 11) is -2.43. The first kappa shape index (κ1) is 19.2. The fourth-order valence-electron chi connectivity index (χ4n) is 1.40. The lowest BCUT2D eigenvalue weighted by Gasteiger charge is -2.35. The van der Waals surface area contributed by atoms with E-state index >= 15 is 0 Å². The van der Waals surface area contributed by atoms with Crippen molar-refractivity contribution in [3.05, 3.63) is 29.8 Å². The van der Waals surface area contributed by atoms with Crippen molar-refractivity contribution in [2.24, 2.45) is 0 Å². The number of para-hydroxylation sites is 1. The molecule has 0 atom stereocenters. The predicted molar refractivity (Wildman–Crippen MR) is 83.7 cm³/mol.